The predicted octanol–water partition coefficient (Wildman–Crippen LogP) is 2.90. The Balaban J connectivity index is 1.23. The first-order chi connectivity index (χ1) is 13.3. The van der Waals surface area contributed by atoms with E-state index in [1.54, 1.807) is 6.20 Å². The van der Waals surface area contributed by atoms with Crippen LogP contribution in [0.1, 0.15) is 48.5 Å². The molecule has 2 aromatic heterocycles. The molecule has 6 nitrogen and oxygen atoms in total. The van der Waals surface area contributed by atoms with E-state index in [0.717, 1.165) is 43.4 Å². The minimum absolute atomic E-state index is 0.115. The highest BCUT2D eigenvalue weighted by atomic mass is 16.5. The second kappa shape index (κ2) is 6.03. The molecule has 27 heavy (non-hydrogen) atoms. The van der Waals surface area contributed by atoms with Crippen molar-refractivity contribution in [1.29, 1.82) is 0 Å². The maximum Gasteiger partial charge on any atom is 0.255 e. The van der Waals surface area contributed by atoms with Crippen molar-refractivity contribution in [2.75, 3.05) is 26.3 Å². The zero-order chi connectivity index (χ0) is 18.0. The van der Waals surface area contributed by atoms with E-state index < -0.39 is 0 Å². The summed E-state index contributed by atoms with van der Waals surface area (Å²) in [4.78, 5) is 24.3. The van der Waals surface area contributed by atoms with E-state index in [9.17, 15) is 4.79 Å². The molecule has 0 aromatic carbocycles. The van der Waals surface area contributed by atoms with Gasteiger partial charge in [0, 0.05) is 31.9 Å². The molecule has 0 unspecified atom stereocenters. The number of amides is 1. The smallest absolute Gasteiger partial charge is 0.255 e. The van der Waals surface area contributed by atoms with Crippen LogP contribution in [0.15, 0.2) is 18.6 Å². The maximum absolute atomic E-state index is 13.1. The summed E-state index contributed by atoms with van der Waals surface area (Å²) in [7, 11) is 0. The second-order valence-corrected chi connectivity index (χ2v) is 8.99. The summed E-state index contributed by atoms with van der Waals surface area (Å²) in [6.45, 7) is 3.59. The molecule has 0 radical (unpaired) electrons. The molecule has 2 saturated carbocycles. The Morgan fingerprint density at radius 2 is 1.96 bits per heavy atom. The van der Waals surface area contributed by atoms with Crippen LogP contribution in [0.5, 0.6) is 0 Å². The van der Waals surface area contributed by atoms with E-state index in [1.807, 2.05) is 17.3 Å². The molecule has 142 valence electrons. The number of likely N-dealkylation sites (tertiary alicyclic amines) is 1. The molecule has 4 heterocycles. The van der Waals surface area contributed by atoms with Crippen LogP contribution in [0, 0.1) is 23.7 Å². The Labute approximate surface area is 158 Å². The lowest BCUT2D eigenvalue weighted by atomic mass is 9.91. The van der Waals surface area contributed by atoms with Crippen LogP contribution in [-0.2, 0) is 4.74 Å². The van der Waals surface area contributed by atoms with Crippen LogP contribution in [-0.4, -0.2) is 51.6 Å². The first-order valence-corrected chi connectivity index (χ1v) is 10.5. The molecule has 6 heteroatoms. The Morgan fingerprint density at radius 3 is 2.85 bits per heavy atom. The minimum atomic E-state index is 0.115. The first kappa shape index (κ1) is 16.0. The number of nitrogens with zero attached hydrogens (tertiary/aromatic N) is 4. The molecule has 4 fully saturated rings. The molecule has 4 atom stereocenters. The zero-order valence-corrected chi connectivity index (χ0v) is 15.6. The third kappa shape index (κ3) is 2.45. The van der Waals surface area contributed by atoms with Crippen LogP contribution >= 0.6 is 0 Å². The van der Waals surface area contributed by atoms with E-state index in [1.165, 1.54) is 32.1 Å². The summed E-state index contributed by atoms with van der Waals surface area (Å²) >= 11 is 0. The first-order valence-electron chi connectivity index (χ1n) is 10.5. The van der Waals surface area contributed by atoms with Gasteiger partial charge in [-0.15, -0.1) is 0 Å². The fourth-order valence-electron chi connectivity index (χ4n) is 6.18. The van der Waals surface area contributed by atoms with Crippen molar-refractivity contribution in [3.05, 3.63) is 24.2 Å². The largest absolute Gasteiger partial charge is 0.381 e. The number of rotatable bonds is 2. The fourth-order valence-corrected chi connectivity index (χ4v) is 6.18. The van der Waals surface area contributed by atoms with Crippen LogP contribution in [0.4, 0.5) is 0 Å². The van der Waals surface area contributed by atoms with Gasteiger partial charge in [0.25, 0.3) is 5.91 Å². The summed E-state index contributed by atoms with van der Waals surface area (Å²) in [5, 5.41) is 0. The van der Waals surface area contributed by atoms with E-state index in [4.69, 9.17) is 4.74 Å². The zero-order valence-electron chi connectivity index (χ0n) is 15.6. The number of carbonyl (C=O) groups is 1. The van der Waals surface area contributed by atoms with Gasteiger partial charge in [0.15, 0.2) is 5.65 Å². The predicted molar refractivity (Wildman–Crippen MR) is 100 cm³/mol. The van der Waals surface area contributed by atoms with Gasteiger partial charge in [0.1, 0.15) is 5.52 Å². The highest BCUT2D eigenvalue weighted by Crippen LogP contribution is 2.48. The van der Waals surface area contributed by atoms with Crippen molar-refractivity contribution in [2.45, 2.75) is 38.1 Å². The monoisotopic (exact) mass is 366 g/mol. The lowest BCUT2D eigenvalue weighted by Gasteiger charge is -2.20. The van der Waals surface area contributed by atoms with Crippen LogP contribution in [0.25, 0.3) is 11.2 Å². The highest BCUT2D eigenvalue weighted by Gasteiger charge is 2.51. The van der Waals surface area contributed by atoms with Crippen molar-refractivity contribution >= 4 is 17.1 Å². The number of ether oxygens (including phenoxy) is 1. The Hall–Kier alpha value is -1.95. The van der Waals surface area contributed by atoms with E-state index in [2.05, 4.69) is 14.5 Å². The number of hydrogen-bond acceptors (Lipinski definition) is 4. The minimum Gasteiger partial charge on any atom is -0.381 e. The van der Waals surface area contributed by atoms with Crippen molar-refractivity contribution in [3.8, 4) is 0 Å². The molecule has 2 aliphatic heterocycles. The van der Waals surface area contributed by atoms with Crippen LogP contribution in [0.2, 0.25) is 0 Å². The lowest BCUT2D eigenvalue weighted by molar-refractivity contribution is 0.0773. The third-order valence-electron chi connectivity index (χ3n) is 7.56. The topological polar surface area (TPSA) is 60.2 Å². The molecule has 4 aliphatic rings. The van der Waals surface area contributed by atoms with E-state index in [0.29, 0.717) is 29.4 Å². The van der Waals surface area contributed by atoms with Gasteiger partial charge in [-0.25, -0.2) is 9.97 Å². The molecule has 6 rings (SSSR count). The number of aromatic nitrogens is 3. The summed E-state index contributed by atoms with van der Waals surface area (Å²) in [5.74, 6) is 2.79. The van der Waals surface area contributed by atoms with Gasteiger partial charge in [0.2, 0.25) is 0 Å². The quantitative estimate of drug-likeness (QED) is 0.820. The van der Waals surface area contributed by atoms with Gasteiger partial charge in [0.05, 0.1) is 18.5 Å². The average Bonchev–Trinajstić information content (AvgIpc) is 3.45. The fraction of sp³-hybridized carbons (Fsp3) is 0.667. The lowest BCUT2D eigenvalue weighted by Crippen LogP contribution is -2.31. The Morgan fingerprint density at radius 1 is 1.07 bits per heavy atom. The molecule has 2 saturated heterocycles. The van der Waals surface area contributed by atoms with Crippen molar-refractivity contribution in [1.82, 2.24) is 19.4 Å². The third-order valence-corrected chi connectivity index (χ3v) is 7.56. The molecule has 0 spiro atoms. The van der Waals surface area contributed by atoms with Crippen LogP contribution in [0.3, 0.4) is 0 Å². The van der Waals surface area contributed by atoms with Gasteiger partial charge in [-0.3, -0.25) is 4.79 Å². The summed E-state index contributed by atoms with van der Waals surface area (Å²) in [5.41, 5.74) is 2.44. The van der Waals surface area contributed by atoms with E-state index >= 15 is 0 Å². The molecule has 2 aliphatic carbocycles. The number of hydrogen-bond donors (Lipinski definition) is 0. The summed E-state index contributed by atoms with van der Waals surface area (Å²) < 4.78 is 7.87. The maximum atomic E-state index is 13.1. The molecular formula is C21H26N4O2. The molecule has 2 aromatic rings. The average molecular weight is 366 g/mol. The number of pyridine rings is 1. The van der Waals surface area contributed by atoms with Gasteiger partial charge in [-0.05, 0) is 49.0 Å². The highest BCUT2D eigenvalue weighted by molar-refractivity contribution is 5.96. The summed E-state index contributed by atoms with van der Waals surface area (Å²) in [6.07, 6.45) is 9.86. The van der Waals surface area contributed by atoms with Crippen LogP contribution < -0.4 is 0 Å². The molecular weight excluding hydrogens is 340 g/mol. The Bertz CT molecular complexity index is 887. The second-order valence-electron chi connectivity index (χ2n) is 8.99. The van der Waals surface area contributed by atoms with Crippen molar-refractivity contribution in [2.24, 2.45) is 23.7 Å². The van der Waals surface area contributed by atoms with Gasteiger partial charge in [-0.1, -0.05) is 12.8 Å². The van der Waals surface area contributed by atoms with Crippen molar-refractivity contribution < 1.29 is 9.53 Å². The van der Waals surface area contributed by atoms with E-state index in [-0.39, 0.29) is 5.91 Å². The van der Waals surface area contributed by atoms with Gasteiger partial charge < -0.3 is 14.2 Å². The number of carbonyl (C=O) groups excluding carboxylic acids is 1. The molecule has 0 N–H and O–H groups in total. The Kier molecular flexibility index (Phi) is 3.58. The molecule has 1 amide bonds. The van der Waals surface area contributed by atoms with Gasteiger partial charge in [-0.2, -0.15) is 0 Å². The number of imidazole rings is 1. The normalized spacial score (nSPS) is 33.1. The SMILES string of the molecule is O=C(c1cnc2c(c1)ncn2C1CCCC1)N1C[C@@H]2C[C@@H]3COC[C@@H]3[C@@H]2C1. The standard InChI is InChI=1S/C21H26N4O2/c26-21(24-8-14-5-15-10-27-11-18(15)17(14)9-24)13-6-19-20(22-7-13)25(12-23-19)16-3-1-2-4-16/h6-7,12,14-18H,1-5,8-11H2/t14-,15+,17+,18-/m0/s1. The molecule has 0 bridgehead atoms. The number of fused-ring (bicyclic) bond motifs is 4. The van der Waals surface area contributed by atoms with Crippen molar-refractivity contribution in [3.63, 3.8) is 0 Å². The van der Waals surface area contributed by atoms with Gasteiger partial charge >= 0.3 is 0 Å². The summed E-state index contributed by atoms with van der Waals surface area (Å²) in [6, 6.07) is 2.45.